The molecule has 0 aromatic heterocycles. The number of benzene rings is 2. The van der Waals surface area contributed by atoms with Crippen molar-refractivity contribution in [3.63, 3.8) is 0 Å². The van der Waals surface area contributed by atoms with Crippen molar-refractivity contribution in [1.29, 1.82) is 0 Å². The number of carbonyl (C=O) groups excluding carboxylic acids is 1. The summed E-state index contributed by atoms with van der Waals surface area (Å²) in [7, 11) is 0. The van der Waals surface area contributed by atoms with Crippen molar-refractivity contribution in [2.45, 2.75) is 13.5 Å². The molecule has 2 aromatic carbocycles. The fraction of sp³-hybridized carbons (Fsp3) is 0.316. The van der Waals surface area contributed by atoms with Crippen molar-refractivity contribution >= 4 is 11.6 Å². The molecule has 0 bridgehead atoms. The molecular weight excluding hydrogens is 318 g/mol. The van der Waals surface area contributed by atoms with Gasteiger partial charge >= 0.3 is 0 Å². The molecule has 6 nitrogen and oxygen atoms in total. The first kappa shape index (κ1) is 17.1. The van der Waals surface area contributed by atoms with E-state index in [4.69, 9.17) is 0 Å². The van der Waals surface area contributed by atoms with E-state index in [0.29, 0.717) is 43.9 Å². The zero-order valence-electron chi connectivity index (χ0n) is 14.2. The highest BCUT2D eigenvalue weighted by molar-refractivity contribution is 5.94. The first-order chi connectivity index (χ1) is 12.0. The standard InChI is InChI=1S/C19H21N3O3/c1-15-6-8-16(9-7-15)19(23)21-12-10-20(11-13-21)14-17-4-2-3-5-18(17)22(24)25/h2-9H,10-14H2,1H3. The van der Waals surface area contributed by atoms with Gasteiger partial charge in [-0.25, -0.2) is 0 Å². The molecule has 0 aliphatic carbocycles. The van der Waals surface area contributed by atoms with Gasteiger partial charge in [-0.05, 0) is 19.1 Å². The topological polar surface area (TPSA) is 66.7 Å². The van der Waals surface area contributed by atoms with Crippen LogP contribution in [0.1, 0.15) is 21.5 Å². The molecule has 1 heterocycles. The molecule has 2 aromatic rings. The lowest BCUT2D eigenvalue weighted by Crippen LogP contribution is -2.48. The Morgan fingerprint density at radius 2 is 1.68 bits per heavy atom. The van der Waals surface area contributed by atoms with E-state index in [1.54, 1.807) is 12.1 Å². The SMILES string of the molecule is Cc1ccc(C(=O)N2CCN(Cc3ccccc3[N+](=O)[O-])CC2)cc1. The third kappa shape index (κ3) is 4.03. The summed E-state index contributed by atoms with van der Waals surface area (Å²) in [6, 6.07) is 14.4. The van der Waals surface area contributed by atoms with Crippen LogP contribution in [0.15, 0.2) is 48.5 Å². The number of hydrogen-bond donors (Lipinski definition) is 0. The van der Waals surface area contributed by atoms with Crippen LogP contribution in [0.4, 0.5) is 5.69 Å². The Bertz CT molecular complexity index is 766. The van der Waals surface area contributed by atoms with Crippen molar-refractivity contribution in [1.82, 2.24) is 9.80 Å². The lowest BCUT2D eigenvalue weighted by Gasteiger charge is -2.34. The van der Waals surface area contributed by atoms with Gasteiger partial charge in [0.25, 0.3) is 11.6 Å². The number of nitrogens with zero attached hydrogens (tertiary/aromatic N) is 3. The van der Waals surface area contributed by atoms with Crippen LogP contribution in [-0.4, -0.2) is 46.8 Å². The Hall–Kier alpha value is -2.73. The van der Waals surface area contributed by atoms with Gasteiger partial charge in [-0.1, -0.05) is 35.9 Å². The Morgan fingerprint density at radius 1 is 1.04 bits per heavy atom. The normalized spacial score (nSPS) is 15.2. The first-order valence-corrected chi connectivity index (χ1v) is 8.35. The van der Waals surface area contributed by atoms with Crippen molar-refractivity contribution in [3.05, 3.63) is 75.3 Å². The smallest absolute Gasteiger partial charge is 0.273 e. The average molecular weight is 339 g/mol. The first-order valence-electron chi connectivity index (χ1n) is 8.35. The molecule has 3 rings (SSSR count). The van der Waals surface area contributed by atoms with Gasteiger partial charge in [0.05, 0.1) is 4.92 Å². The molecule has 1 fully saturated rings. The van der Waals surface area contributed by atoms with E-state index < -0.39 is 0 Å². The zero-order chi connectivity index (χ0) is 17.8. The minimum Gasteiger partial charge on any atom is -0.336 e. The van der Waals surface area contributed by atoms with E-state index >= 15 is 0 Å². The van der Waals surface area contributed by atoms with E-state index in [-0.39, 0.29) is 16.5 Å². The summed E-state index contributed by atoms with van der Waals surface area (Å²) >= 11 is 0. The number of hydrogen-bond acceptors (Lipinski definition) is 4. The summed E-state index contributed by atoms with van der Waals surface area (Å²) < 4.78 is 0. The summed E-state index contributed by atoms with van der Waals surface area (Å²) in [5, 5.41) is 11.1. The number of piperazine rings is 1. The molecule has 1 amide bonds. The van der Waals surface area contributed by atoms with Crippen LogP contribution in [0.5, 0.6) is 0 Å². The summed E-state index contributed by atoms with van der Waals surface area (Å²) in [4.78, 5) is 27.3. The summed E-state index contributed by atoms with van der Waals surface area (Å²) in [5.41, 5.74) is 2.70. The van der Waals surface area contributed by atoms with Gasteiger partial charge in [0.15, 0.2) is 0 Å². The molecule has 1 saturated heterocycles. The average Bonchev–Trinajstić information content (AvgIpc) is 2.63. The molecule has 0 saturated carbocycles. The van der Waals surface area contributed by atoms with Gasteiger partial charge in [0.1, 0.15) is 0 Å². The minimum atomic E-state index is -0.341. The maximum Gasteiger partial charge on any atom is 0.273 e. The van der Waals surface area contributed by atoms with E-state index in [0.717, 1.165) is 5.56 Å². The van der Waals surface area contributed by atoms with Gasteiger partial charge in [-0.3, -0.25) is 19.8 Å². The van der Waals surface area contributed by atoms with Crippen molar-refractivity contribution in [3.8, 4) is 0 Å². The molecule has 1 aliphatic rings. The molecule has 0 spiro atoms. The van der Waals surface area contributed by atoms with Gasteiger partial charge in [0.2, 0.25) is 0 Å². The monoisotopic (exact) mass is 339 g/mol. The fourth-order valence-corrected chi connectivity index (χ4v) is 3.05. The van der Waals surface area contributed by atoms with E-state index in [1.165, 1.54) is 6.07 Å². The number of amides is 1. The van der Waals surface area contributed by atoms with Crippen LogP contribution in [0.3, 0.4) is 0 Å². The Morgan fingerprint density at radius 3 is 2.32 bits per heavy atom. The van der Waals surface area contributed by atoms with Crippen molar-refractivity contribution < 1.29 is 9.72 Å². The largest absolute Gasteiger partial charge is 0.336 e. The van der Waals surface area contributed by atoms with Crippen LogP contribution in [-0.2, 0) is 6.54 Å². The number of rotatable bonds is 4. The molecule has 0 N–H and O–H groups in total. The Balaban J connectivity index is 1.60. The molecule has 0 atom stereocenters. The van der Waals surface area contributed by atoms with E-state index in [2.05, 4.69) is 4.90 Å². The molecule has 1 aliphatic heterocycles. The van der Waals surface area contributed by atoms with Gasteiger partial charge < -0.3 is 4.90 Å². The fourth-order valence-electron chi connectivity index (χ4n) is 3.05. The second kappa shape index (κ2) is 7.44. The maximum atomic E-state index is 12.5. The quantitative estimate of drug-likeness (QED) is 0.634. The van der Waals surface area contributed by atoms with Crippen LogP contribution in [0.25, 0.3) is 0 Å². The van der Waals surface area contributed by atoms with E-state index in [9.17, 15) is 14.9 Å². The Kier molecular flexibility index (Phi) is 5.09. The third-order valence-electron chi connectivity index (χ3n) is 4.54. The molecule has 6 heteroatoms. The summed E-state index contributed by atoms with van der Waals surface area (Å²) in [5.74, 6) is 0.0466. The van der Waals surface area contributed by atoms with Crippen molar-refractivity contribution in [2.75, 3.05) is 26.2 Å². The second-order valence-corrected chi connectivity index (χ2v) is 6.32. The summed E-state index contributed by atoms with van der Waals surface area (Å²) in [6.07, 6.45) is 0. The minimum absolute atomic E-state index is 0.0466. The van der Waals surface area contributed by atoms with Gasteiger partial charge in [0, 0.05) is 49.9 Å². The van der Waals surface area contributed by atoms with Crippen LogP contribution in [0, 0.1) is 17.0 Å². The highest BCUT2D eigenvalue weighted by atomic mass is 16.6. The lowest BCUT2D eigenvalue weighted by atomic mass is 10.1. The van der Waals surface area contributed by atoms with Crippen LogP contribution >= 0.6 is 0 Å². The third-order valence-corrected chi connectivity index (χ3v) is 4.54. The highest BCUT2D eigenvalue weighted by Gasteiger charge is 2.23. The second-order valence-electron chi connectivity index (χ2n) is 6.32. The molecule has 25 heavy (non-hydrogen) atoms. The zero-order valence-corrected chi connectivity index (χ0v) is 14.2. The number of nitro benzene ring substituents is 1. The molecule has 0 radical (unpaired) electrons. The van der Waals surface area contributed by atoms with Gasteiger partial charge in [-0.2, -0.15) is 0 Å². The van der Waals surface area contributed by atoms with E-state index in [1.807, 2.05) is 42.2 Å². The molecular formula is C19H21N3O3. The molecule has 0 unspecified atom stereocenters. The lowest BCUT2D eigenvalue weighted by molar-refractivity contribution is -0.385. The highest BCUT2D eigenvalue weighted by Crippen LogP contribution is 2.20. The van der Waals surface area contributed by atoms with Crippen LogP contribution < -0.4 is 0 Å². The van der Waals surface area contributed by atoms with Crippen LogP contribution in [0.2, 0.25) is 0 Å². The number of nitro groups is 1. The number of carbonyl (C=O) groups is 1. The summed E-state index contributed by atoms with van der Waals surface area (Å²) in [6.45, 7) is 5.22. The number of aryl methyl sites for hydroxylation is 1. The molecule has 130 valence electrons. The Labute approximate surface area is 146 Å². The predicted octanol–water partition coefficient (Wildman–Crippen LogP) is 2.86. The van der Waals surface area contributed by atoms with Crippen molar-refractivity contribution in [2.24, 2.45) is 0 Å². The maximum absolute atomic E-state index is 12.5. The van der Waals surface area contributed by atoms with Gasteiger partial charge in [-0.15, -0.1) is 0 Å². The number of para-hydroxylation sites is 1. The predicted molar refractivity (Wildman–Crippen MR) is 95.5 cm³/mol.